The summed E-state index contributed by atoms with van der Waals surface area (Å²) in [7, 11) is 3.02. The van der Waals surface area contributed by atoms with Crippen molar-refractivity contribution in [2.75, 3.05) is 36.4 Å². The van der Waals surface area contributed by atoms with Crippen LogP contribution in [0, 0.1) is 0 Å². The number of aliphatic carboxylic acids is 1. The van der Waals surface area contributed by atoms with E-state index < -0.39 is 5.97 Å². The van der Waals surface area contributed by atoms with Crippen LogP contribution >= 0.6 is 0 Å². The van der Waals surface area contributed by atoms with Gasteiger partial charge in [-0.05, 0) is 84.5 Å². The first-order valence-corrected chi connectivity index (χ1v) is 19.4. The molecule has 3 aliphatic heterocycles. The van der Waals surface area contributed by atoms with Crippen molar-refractivity contribution in [2.45, 2.75) is 57.9 Å². The van der Waals surface area contributed by atoms with E-state index in [1.807, 2.05) is 67.6 Å². The number of benzene rings is 5. The van der Waals surface area contributed by atoms with Gasteiger partial charge >= 0.3 is 5.97 Å². The van der Waals surface area contributed by atoms with Crippen LogP contribution in [-0.2, 0) is 30.8 Å². The lowest BCUT2D eigenvalue weighted by molar-refractivity contribution is -0.137. The van der Waals surface area contributed by atoms with Crippen LogP contribution in [0.4, 0.5) is 22.7 Å². The van der Waals surface area contributed by atoms with Crippen molar-refractivity contribution >= 4 is 46.7 Å². The van der Waals surface area contributed by atoms with Crippen molar-refractivity contribution in [1.82, 2.24) is 0 Å². The molecule has 0 saturated carbocycles. The summed E-state index contributed by atoms with van der Waals surface area (Å²) in [5, 5.41) is 9.13. The first-order valence-electron chi connectivity index (χ1n) is 19.4. The third-order valence-corrected chi connectivity index (χ3v) is 10.7. The molecular formula is C46H44N4O9. The number of carboxylic acids is 1. The molecule has 0 radical (unpaired) electrons. The van der Waals surface area contributed by atoms with Crippen LogP contribution in [-0.4, -0.2) is 62.0 Å². The summed E-state index contributed by atoms with van der Waals surface area (Å²) in [5.41, 5.74) is 13.3. The fourth-order valence-corrected chi connectivity index (χ4v) is 7.94. The first-order chi connectivity index (χ1) is 28.6. The van der Waals surface area contributed by atoms with Crippen LogP contribution in [0.2, 0.25) is 0 Å². The van der Waals surface area contributed by atoms with E-state index >= 15 is 0 Å². The molecule has 3 aliphatic rings. The number of rotatable bonds is 14. The maximum atomic E-state index is 13.9. The van der Waals surface area contributed by atoms with E-state index in [9.17, 15) is 14.4 Å². The zero-order valence-electron chi connectivity index (χ0n) is 33.0. The van der Waals surface area contributed by atoms with Gasteiger partial charge in [-0.25, -0.2) is 0 Å². The fraction of sp³-hybridized carbons (Fsp3) is 0.261. The number of hydrogen-bond acceptors (Lipinski definition) is 10. The van der Waals surface area contributed by atoms with Gasteiger partial charge in [0.15, 0.2) is 23.0 Å². The van der Waals surface area contributed by atoms with Gasteiger partial charge in [0.1, 0.15) is 19.0 Å². The minimum absolute atomic E-state index is 0.0319. The number of carbonyl (C=O) groups excluding carboxylic acids is 2. The van der Waals surface area contributed by atoms with Gasteiger partial charge < -0.3 is 39.4 Å². The average molecular weight is 797 g/mol. The van der Waals surface area contributed by atoms with Gasteiger partial charge in [-0.2, -0.15) is 0 Å². The smallest absolute Gasteiger partial charge is 0.303 e. The van der Waals surface area contributed by atoms with E-state index in [-0.39, 0.29) is 55.8 Å². The summed E-state index contributed by atoms with van der Waals surface area (Å²) in [6.45, 7) is 2.34. The van der Waals surface area contributed by atoms with Gasteiger partial charge in [-0.15, -0.1) is 0 Å². The molecule has 0 unspecified atom stereocenters. The number of fused-ring (bicyclic) bond motifs is 5. The SMILES string of the molecule is COc1cc(C(=O)N2c3ccccc3C[C@H]2C)c(N)cc1OCc1cc(COc2cc3c(cc2OC)C(=O)N2c4ccccc4C[C@H]2C=N3)cc(OCCCC(=O)O)c1. The average Bonchev–Trinajstić information content (AvgIpc) is 3.74. The minimum atomic E-state index is -0.906. The number of nitrogens with two attached hydrogens (primary N) is 1. The van der Waals surface area contributed by atoms with Crippen LogP contribution in [0.25, 0.3) is 0 Å². The Bertz CT molecular complexity index is 2480. The van der Waals surface area contributed by atoms with E-state index in [4.69, 9.17) is 39.5 Å². The molecule has 8 rings (SSSR count). The summed E-state index contributed by atoms with van der Waals surface area (Å²) >= 11 is 0. The largest absolute Gasteiger partial charge is 0.494 e. The molecule has 0 bridgehead atoms. The highest BCUT2D eigenvalue weighted by Crippen LogP contribution is 2.42. The van der Waals surface area contributed by atoms with Crippen LogP contribution in [0.5, 0.6) is 28.7 Å². The van der Waals surface area contributed by atoms with Crippen LogP contribution in [0.15, 0.2) is 96.0 Å². The number of para-hydroxylation sites is 2. The number of amides is 2. The lowest BCUT2D eigenvalue weighted by Crippen LogP contribution is -2.37. The Balaban J connectivity index is 1.02. The Labute approximate surface area is 341 Å². The second-order valence-electron chi connectivity index (χ2n) is 14.7. The second kappa shape index (κ2) is 16.5. The zero-order chi connectivity index (χ0) is 41.2. The Kier molecular flexibility index (Phi) is 10.8. The van der Waals surface area contributed by atoms with Crippen molar-refractivity contribution in [3.8, 4) is 28.7 Å². The van der Waals surface area contributed by atoms with Crippen molar-refractivity contribution in [3.05, 3.63) is 124 Å². The Morgan fingerprint density at radius 3 is 2.14 bits per heavy atom. The van der Waals surface area contributed by atoms with Crippen LogP contribution in [0.1, 0.15) is 62.7 Å². The van der Waals surface area contributed by atoms with Crippen molar-refractivity contribution in [3.63, 3.8) is 0 Å². The van der Waals surface area contributed by atoms with Crippen molar-refractivity contribution in [1.29, 1.82) is 0 Å². The van der Waals surface area contributed by atoms with E-state index in [2.05, 4.69) is 0 Å². The highest BCUT2D eigenvalue weighted by atomic mass is 16.5. The Morgan fingerprint density at radius 1 is 0.797 bits per heavy atom. The zero-order valence-corrected chi connectivity index (χ0v) is 33.0. The van der Waals surface area contributed by atoms with Gasteiger partial charge in [0, 0.05) is 54.3 Å². The summed E-state index contributed by atoms with van der Waals surface area (Å²) in [6, 6.07) is 27.6. The molecule has 5 aromatic carbocycles. The van der Waals surface area contributed by atoms with Gasteiger partial charge in [0.25, 0.3) is 11.8 Å². The third-order valence-electron chi connectivity index (χ3n) is 10.7. The molecule has 0 fully saturated rings. The normalized spacial score (nSPS) is 16.1. The number of aliphatic imine (C=N–C) groups is 1. The summed E-state index contributed by atoms with van der Waals surface area (Å²) in [5.74, 6) is 0.649. The summed E-state index contributed by atoms with van der Waals surface area (Å²) < 4.78 is 30.0. The van der Waals surface area contributed by atoms with Crippen molar-refractivity contribution in [2.24, 2.45) is 4.99 Å². The number of carboxylic acid groups (broad SMARTS) is 1. The summed E-state index contributed by atoms with van der Waals surface area (Å²) in [4.78, 5) is 47.2. The van der Waals surface area contributed by atoms with Gasteiger partial charge in [-0.3, -0.25) is 24.3 Å². The molecule has 2 atom stereocenters. The third kappa shape index (κ3) is 7.83. The molecule has 0 aromatic heterocycles. The molecule has 13 heteroatoms. The molecule has 3 heterocycles. The number of nitrogen functional groups attached to an aromatic ring is 1. The molecule has 59 heavy (non-hydrogen) atoms. The van der Waals surface area contributed by atoms with E-state index in [0.29, 0.717) is 64.0 Å². The van der Waals surface area contributed by atoms with E-state index in [1.165, 1.54) is 14.2 Å². The molecule has 0 spiro atoms. The molecule has 302 valence electrons. The first kappa shape index (κ1) is 38.8. The standard InChI is InChI=1S/C46H44N4O9/c1-27-15-30-9-4-6-11-38(30)49(27)45(53)34-20-40(55-2)42(22-36(34)47)58-25-28-16-29(18-33(17-28)57-14-8-13-44(51)52)26-59-43-23-37-35(21-41(43)56-3)46(54)50-32(24-48-37)19-31-10-5-7-12-39(31)50/h4-7,9-12,16-18,20-24,27,32H,8,13-15,19,25-26,47H2,1-3H3,(H,51,52)/t27-,32+/m1/s1. The Morgan fingerprint density at radius 2 is 1.44 bits per heavy atom. The number of methoxy groups -OCH3 is 2. The number of carbonyl (C=O) groups is 3. The predicted octanol–water partition coefficient (Wildman–Crippen LogP) is 7.57. The van der Waals surface area contributed by atoms with Gasteiger partial charge in [-0.1, -0.05) is 36.4 Å². The molecule has 0 aliphatic carbocycles. The lowest BCUT2D eigenvalue weighted by Gasteiger charge is -2.24. The maximum absolute atomic E-state index is 13.9. The quantitative estimate of drug-likeness (QED) is 0.0847. The van der Waals surface area contributed by atoms with Crippen LogP contribution < -0.4 is 39.2 Å². The number of anilines is 3. The fourth-order valence-electron chi connectivity index (χ4n) is 7.94. The molecular weight excluding hydrogens is 753 g/mol. The van der Waals surface area contributed by atoms with E-state index in [1.54, 1.807) is 46.3 Å². The predicted molar refractivity (Wildman–Crippen MR) is 223 cm³/mol. The number of nitrogens with zero attached hydrogens (tertiary/aromatic N) is 3. The van der Waals surface area contributed by atoms with Gasteiger partial charge in [0.05, 0.1) is 43.7 Å². The Hall–Kier alpha value is -7.02. The minimum Gasteiger partial charge on any atom is -0.494 e. The molecule has 5 aromatic rings. The summed E-state index contributed by atoms with van der Waals surface area (Å²) in [6.07, 6.45) is 3.52. The highest BCUT2D eigenvalue weighted by molar-refractivity contribution is 6.15. The molecule has 3 N–H and O–H groups in total. The van der Waals surface area contributed by atoms with Crippen LogP contribution in [0.3, 0.4) is 0 Å². The molecule has 13 nitrogen and oxygen atoms in total. The maximum Gasteiger partial charge on any atom is 0.303 e. The molecule has 0 saturated heterocycles. The topological polar surface area (TPSA) is 162 Å². The highest BCUT2D eigenvalue weighted by Gasteiger charge is 2.37. The molecule has 2 amide bonds. The van der Waals surface area contributed by atoms with Gasteiger partial charge in [0.2, 0.25) is 0 Å². The lowest BCUT2D eigenvalue weighted by atomic mass is 10.1. The monoisotopic (exact) mass is 796 g/mol. The van der Waals surface area contributed by atoms with Crippen molar-refractivity contribution < 1.29 is 43.2 Å². The number of hydrogen-bond donors (Lipinski definition) is 2. The second-order valence-corrected chi connectivity index (χ2v) is 14.7. The van der Waals surface area contributed by atoms with E-state index in [0.717, 1.165) is 34.5 Å². The number of ether oxygens (including phenoxy) is 5.